The van der Waals surface area contributed by atoms with E-state index in [1.807, 2.05) is 0 Å². The van der Waals surface area contributed by atoms with E-state index in [2.05, 4.69) is 98.9 Å². The average molecular weight is 846 g/mol. The number of ether oxygens (including phenoxy) is 2. The fourth-order valence-electron chi connectivity index (χ4n) is 5.87. The maximum atomic E-state index is 12.6. The maximum absolute atomic E-state index is 12.6. The quantitative estimate of drug-likeness (QED) is 0.0266. The van der Waals surface area contributed by atoms with Crippen molar-refractivity contribution in [2.75, 3.05) is 26.4 Å². The number of rotatable bonds is 42. The Kier molecular flexibility index (Phi) is 42.6. The highest BCUT2D eigenvalue weighted by Gasteiger charge is 2.26. The molecule has 0 rings (SSSR count). The van der Waals surface area contributed by atoms with Crippen LogP contribution in [0.25, 0.3) is 0 Å². The highest BCUT2D eigenvalue weighted by Crippen LogP contribution is 2.43. The van der Waals surface area contributed by atoms with Gasteiger partial charge in [-0.15, -0.1) is 0 Å². The first-order chi connectivity index (χ1) is 28.8. The Morgan fingerprint density at radius 1 is 0.525 bits per heavy atom. The zero-order valence-electron chi connectivity index (χ0n) is 37.2. The Morgan fingerprint density at radius 3 is 1.41 bits per heavy atom. The van der Waals surface area contributed by atoms with Crippen molar-refractivity contribution in [2.45, 2.75) is 187 Å². The van der Waals surface area contributed by atoms with Crippen LogP contribution in [0, 0.1) is 0 Å². The van der Waals surface area contributed by atoms with Crippen LogP contribution >= 0.6 is 7.82 Å². The Labute approximate surface area is 360 Å². The molecule has 0 aliphatic heterocycles. The topological polar surface area (TPSA) is 134 Å². The molecule has 0 fully saturated rings. The molecule has 3 N–H and O–H groups in total. The lowest BCUT2D eigenvalue weighted by Crippen LogP contribution is -2.29. The van der Waals surface area contributed by atoms with Crippen molar-refractivity contribution in [1.29, 1.82) is 0 Å². The minimum Gasteiger partial charge on any atom is -0.462 e. The van der Waals surface area contributed by atoms with Crippen LogP contribution in [-0.2, 0) is 32.7 Å². The summed E-state index contributed by atoms with van der Waals surface area (Å²) in [6, 6.07) is 0. The van der Waals surface area contributed by atoms with Gasteiger partial charge in [-0.25, -0.2) is 4.57 Å². The van der Waals surface area contributed by atoms with E-state index in [0.29, 0.717) is 6.42 Å². The molecule has 59 heavy (non-hydrogen) atoms. The predicted molar refractivity (Wildman–Crippen MR) is 247 cm³/mol. The number of esters is 2. The number of unbranched alkanes of at least 4 members (excludes halogenated alkanes) is 15. The summed E-state index contributed by atoms with van der Waals surface area (Å²) in [5, 5.41) is 0. The second-order valence-corrected chi connectivity index (χ2v) is 16.3. The van der Waals surface area contributed by atoms with Crippen LogP contribution in [0.1, 0.15) is 181 Å². The highest BCUT2D eigenvalue weighted by atomic mass is 31.2. The molecular weight excluding hydrogens is 762 g/mol. The van der Waals surface area contributed by atoms with Crippen LogP contribution in [0.4, 0.5) is 0 Å². The van der Waals surface area contributed by atoms with Crippen LogP contribution < -0.4 is 5.73 Å². The molecule has 0 bridgehead atoms. The number of phosphoric ester groups is 1. The molecule has 0 aromatic carbocycles. The lowest BCUT2D eigenvalue weighted by molar-refractivity contribution is -0.161. The second kappa shape index (κ2) is 44.7. The van der Waals surface area contributed by atoms with Crippen LogP contribution in [-0.4, -0.2) is 49.3 Å². The van der Waals surface area contributed by atoms with Gasteiger partial charge >= 0.3 is 19.8 Å². The van der Waals surface area contributed by atoms with Crippen LogP contribution in [0.2, 0.25) is 0 Å². The second-order valence-electron chi connectivity index (χ2n) is 14.9. The number of hydrogen-bond acceptors (Lipinski definition) is 8. The van der Waals surface area contributed by atoms with Crippen LogP contribution in [0.5, 0.6) is 0 Å². The molecule has 0 aromatic heterocycles. The normalized spacial score (nSPS) is 14.0. The van der Waals surface area contributed by atoms with E-state index in [4.69, 9.17) is 24.3 Å². The van der Waals surface area contributed by atoms with Crippen molar-refractivity contribution in [3.63, 3.8) is 0 Å². The number of allylic oxidation sites excluding steroid dienone is 14. The molecule has 0 heterocycles. The van der Waals surface area contributed by atoms with Crippen LogP contribution in [0.15, 0.2) is 85.1 Å². The highest BCUT2D eigenvalue weighted by molar-refractivity contribution is 7.47. The zero-order chi connectivity index (χ0) is 43.2. The van der Waals surface area contributed by atoms with Gasteiger partial charge in [0.2, 0.25) is 0 Å². The average Bonchev–Trinajstić information content (AvgIpc) is 3.22. The van der Waals surface area contributed by atoms with Gasteiger partial charge < -0.3 is 20.1 Å². The third-order valence-corrected chi connectivity index (χ3v) is 10.2. The van der Waals surface area contributed by atoms with Gasteiger partial charge in [0.1, 0.15) is 6.61 Å². The summed E-state index contributed by atoms with van der Waals surface area (Å²) >= 11 is 0. The molecule has 0 amide bonds. The SMILES string of the molecule is CC/C=C\C/C=C\C/C=C\C/C=C\C/C=C\CCCCCC(=O)O[C@H](COC(=O)CCCCCCCCCCC/C=C\C/C=C\CCCCC)COP(=O)(O)OCCN. The Bertz CT molecular complexity index is 1240. The Hall–Kier alpha value is -2.81. The summed E-state index contributed by atoms with van der Waals surface area (Å²) in [7, 11) is -4.40. The van der Waals surface area contributed by atoms with Crippen molar-refractivity contribution in [3.05, 3.63) is 85.1 Å². The zero-order valence-corrected chi connectivity index (χ0v) is 38.1. The molecule has 0 aliphatic rings. The van der Waals surface area contributed by atoms with Crippen LogP contribution in [0.3, 0.4) is 0 Å². The number of hydrogen-bond donors (Lipinski definition) is 2. The van der Waals surface area contributed by atoms with E-state index in [1.54, 1.807) is 0 Å². The predicted octanol–water partition coefficient (Wildman–Crippen LogP) is 13.6. The van der Waals surface area contributed by atoms with Gasteiger partial charge in [-0.3, -0.25) is 18.6 Å². The van der Waals surface area contributed by atoms with Crippen molar-refractivity contribution in [1.82, 2.24) is 0 Å². The molecule has 0 saturated carbocycles. The Morgan fingerprint density at radius 2 is 0.932 bits per heavy atom. The van der Waals surface area contributed by atoms with Gasteiger partial charge in [0.05, 0.1) is 13.2 Å². The van der Waals surface area contributed by atoms with E-state index in [0.717, 1.165) is 89.9 Å². The smallest absolute Gasteiger partial charge is 0.462 e. The summed E-state index contributed by atoms with van der Waals surface area (Å²) in [6.45, 7) is 3.54. The molecule has 1 unspecified atom stereocenters. The summed E-state index contributed by atoms with van der Waals surface area (Å²) in [4.78, 5) is 35.0. The minimum absolute atomic E-state index is 0.0426. The van der Waals surface area contributed by atoms with Gasteiger partial charge in [0.25, 0.3) is 0 Å². The lowest BCUT2D eigenvalue weighted by Gasteiger charge is -2.19. The first-order valence-electron chi connectivity index (χ1n) is 23.1. The van der Waals surface area contributed by atoms with Gasteiger partial charge in [0, 0.05) is 19.4 Å². The number of phosphoric acid groups is 1. The van der Waals surface area contributed by atoms with Crippen molar-refractivity contribution in [2.24, 2.45) is 5.73 Å². The summed E-state index contributed by atoms with van der Waals surface area (Å²) in [6.07, 6.45) is 56.1. The molecule has 0 radical (unpaired) electrons. The van der Waals surface area contributed by atoms with Crippen molar-refractivity contribution < 1.29 is 37.6 Å². The van der Waals surface area contributed by atoms with Gasteiger partial charge in [-0.1, -0.05) is 163 Å². The third-order valence-electron chi connectivity index (χ3n) is 9.27. The fraction of sp³-hybridized carbons (Fsp3) is 0.673. The van der Waals surface area contributed by atoms with Crippen molar-refractivity contribution >= 4 is 19.8 Å². The van der Waals surface area contributed by atoms with E-state index in [1.165, 1.54) is 57.8 Å². The van der Waals surface area contributed by atoms with E-state index in [-0.39, 0.29) is 32.6 Å². The fourth-order valence-corrected chi connectivity index (χ4v) is 6.63. The van der Waals surface area contributed by atoms with Gasteiger partial charge in [-0.2, -0.15) is 0 Å². The molecule has 9 nitrogen and oxygen atoms in total. The first-order valence-corrected chi connectivity index (χ1v) is 24.6. The lowest BCUT2D eigenvalue weighted by atomic mass is 10.1. The maximum Gasteiger partial charge on any atom is 0.472 e. The summed E-state index contributed by atoms with van der Waals surface area (Å²) in [5.74, 6) is -0.877. The number of carbonyl (C=O) groups excluding carboxylic acids is 2. The molecule has 0 spiro atoms. The monoisotopic (exact) mass is 846 g/mol. The van der Waals surface area contributed by atoms with Gasteiger partial charge in [-0.05, 0) is 89.9 Å². The van der Waals surface area contributed by atoms with Gasteiger partial charge in [0.15, 0.2) is 6.10 Å². The molecular formula is C49H84NO8P. The standard InChI is InChI=1S/C49H84NO8P/c1-3-5-7-9-11-13-15-17-19-21-23-25-27-29-31-33-35-37-39-41-48(51)55-45-47(46-57-59(53,54)56-44-43-50)58-49(52)42-40-38-36-34-32-30-28-26-24-22-20-18-16-14-12-10-8-6-4-2/h6,8,11-14,17-20,24,26,30,32,47H,3-5,7,9-10,15-16,21-23,25,27-29,31,33-46,50H2,1-2H3,(H,53,54)/b8-6-,13-11-,14-12-,19-17-,20-18-,26-24-,32-30-/t47-/m1/s1. The largest absolute Gasteiger partial charge is 0.472 e. The van der Waals surface area contributed by atoms with Crippen molar-refractivity contribution in [3.8, 4) is 0 Å². The first kappa shape index (κ1) is 56.2. The molecule has 0 aliphatic carbocycles. The molecule has 0 saturated heterocycles. The number of nitrogens with two attached hydrogens (primary N) is 1. The molecule has 2 atom stereocenters. The summed E-state index contributed by atoms with van der Waals surface area (Å²) < 4.78 is 32.8. The molecule has 338 valence electrons. The van der Waals surface area contributed by atoms with E-state index < -0.39 is 32.5 Å². The third kappa shape index (κ3) is 44.6. The van der Waals surface area contributed by atoms with E-state index >= 15 is 0 Å². The number of carbonyl (C=O) groups is 2. The van der Waals surface area contributed by atoms with E-state index in [9.17, 15) is 19.0 Å². The molecule has 0 aromatic rings. The minimum atomic E-state index is -4.40. The Balaban J connectivity index is 4.20. The molecule has 10 heteroatoms. The summed E-state index contributed by atoms with van der Waals surface area (Å²) in [5.41, 5.74) is 5.35.